The molecular formula is C14H16N2O7S. The highest BCUT2D eigenvalue weighted by Gasteiger charge is 2.19. The molecule has 2 amide bonds. The van der Waals surface area contributed by atoms with Crippen LogP contribution >= 0.6 is 0 Å². The molecular weight excluding hydrogens is 340 g/mol. The number of anilines is 2. The quantitative estimate of drug-likeness (QED) is 0.483. The standard InChI is InChI=1S/C14H16N2O7S/c1-8(17)5-13(19)15-10-3-4-12(24(21,22)23)11(7-10)16-14(20)6-9(2)18/h3-4,7H,5-6H2,1-2H3,(H,15,19)(H,16,20)(H,21,22,23). The molecule has 1 rings (SSSR count). The average molecular weight is 356 g/mol. The van der Waals surface area contributed by atoms with Crippen LogP contribution in [0.1, 0.15) is 26.7 Å². The molecule has 0 aliphatic heterocycles. The van der Waals surface area contributed by atoms with Crippen molar-refractivity contribution in [1.29, 1.82) is 0 Å². The summed E-state index contributed by atoms with van der Waals surface area (Å²) in [6.07, 6.45) is -0.849. The molecule has 0 saturated heterocycles. The van der Waals surface area contributed by atoms with Crippen LogP contribution in [0.4, 0.5) is 11.4 Å². The third kappa shape index (κ3) is 6.26. The summed E-state index contributed by atoms with van der Waals surface area (Å²) in [6, 6.07) is 3.25. The minimum Gasteiger partial charge on any atom is -0.326 e. The number of Topliss-reactive ketones (excluding diaryl/α,β-unsaturated/α-hetero) is 2. The Labute approximate surface area is 138 Å². The number of hydrogen-bond acceptors (Lipinski definition) is 6. The van der Waals surface area contributed by atoms with Gasteiger partial charge in [-0.05, 0) is 32.0 Å². The van der Waals surface area contributed by atoms with Crippen molar-refractivity contribution < 1.29 is 32.1 Å². The summed E-state index contributed by atoms with van der Waals surface area (Å²) in [5.74, 6) is -2.20. The Morgan fingerprint density at radius 2 is 1.46 bits per heavy atom. The van der Waals surface area contributed by atoms with Gasteiger partial charge >= 0.3 is 0 Å². The lowest BCUT2D eigenvalue weighted by Gasteiger charge is -2.11. The summed E-state index contributed by atoms with van der Waals surface area (Å²) < 4.78 is 31.9. The highest BCUT2D eigenvalue weighted by molar-refractivity contribution is 7.86. The molecule has 3 N–H and O–H groups in total. The number of hydrogen-bond donors (Lipinski definition) is 3. The maximum absolute atomic E-state index is 11.6. The van der Waals surface area contributed by atoms with Gasteiger partial charge in [0, 0.05) is 5.69 Å². The predicted octanol–water partition coefficient (Wildman–Crippen LogP) is 0.768. The summed E-state index contributed by atoms with van der Waals surface area (Å²) in [5, 5.41) is 4.54. The Balaban J connectivity index is 3.13. The van der Waals surface area contributed by atoms with Gasteiger partial charge in [0.05, 0.1) is 18.5 Å². The van der Waals surface area contributed by atoms with Gasteiger partial charge in [0.25, 0.3) is 10.1 Å². The number of benzene rings is 1. The van der Waals surface area contributed by atoms with E-state index in [1.165, 1.54) is 19.9 Å². The van der Waals surface area contributed by atoms with Crippen LogP contribution in [0.3, 0.4) is 0 Å². The van der Waals surface area contributed by atoms with Gasteiger partial charge in [-0.15, -0.1) is 0 Å². The first kappa shape index (κ1) is 19.5. The lowest BCUT2D eigenvalue weighted by atomic mass is 10.2. The fourth-order valence-corrected chi connectivity index (χ4v) is 2.41. The van der Waals surface area contributed by atoms with E-state index >= 15 is 0 Å². The van der Waals surface area contributed by atoms with Crippen LogP contribution < -0.4 is 10.6 Å². The molecule has 0 aliphatic carbocycles. The van der Waals surface area contributed by atoms with Gasteiger partial charge in [-0.2, -0.15) is 8.42 Å². The van der Waals surface area contributed by atoms with Gasteiger partial charge < -0.3 is 10.6 Å². The number of amides is 2. The first-order chi connectivity index (χ1) is 11.0. The molecule has 0 saturated carbocycles. The molecule has 24 heavy (non-hydrogen) atoms. The third-order valence-corrected chi connectivity index (χ3v) is 3.55. The second kappa shape index (κ2) is 7.79. The van der Waals surface area contributed by atoms with E-state index in [0.29, 0.717) is 0 Å². The molecule has 10 heteroatoms. The number of nitrogens with one attached hydrogen (secondary N) is 2. The van der Waals surface area contributed by atoms with E-state index < -0.39 is 39.0 Å². The predicted molar refractivity (Wildman–Crippen MR) is 84.1 cm³/mol. The molecule has 1 aromatic carbocycles. The van der Waals surface area contributed by atoms with Crippen LogP contribution in [0.15, 0.2) is 23.1 Å². The van der Waals surface area contributed by atoms with Crippen LogP contribution in [0.2, 0.25) is 0 Å². The van der Waals surface area contributed by atoms with E-state index in [4.69, 9.17) is 0 Å². The summed E-state index contributed by atoms with van der Waals surface area (Å²) in [5.41, 5.74) is -0.198. The highest BCUT2D eigenvalue weighted by Crippen LogP contribution is 2.25. The second-order valence-corrected chi connectivity index (χ2v) is 6.43. The maximum Gasteiger partial charge on any atom is 0.296 e. The van der Waals surface area contributed by atoms with Crippen molar-refractivity contribution in [2.45, 2.75) is 31.6 Å². The molecule has 0 radical (unpaired) electrons. The molecule has 1 aromatic rings. The first-order valence-electron chi connectivity index (χ1n) is 6.69. The molecule has 0 unspecified atom stereocenters. The average Bonchev–Trinajstić information content (AvgIpc) is 2.34. The van der Waals surface area contributed by atoms with Crippen molar-refractivity contribution in [3.63, 3.8) is 0 Å². The first-order valence-corrected chi connectivity index (χ1v) is 8.13. The molecule has 0 aromatic heterocycles. The Morgan fingerprint density at radius 3 is 1.92 bits per heavy atom. The van der Waals surface area contributed by atoms with Crippen molar-refractivity contribution >= 4 is 44.9 Å². The number of carbonyl (C=O) groups is 4. The topological polar surface area (TPSA) is 147 Å². The van der Waals surface area contributed by atoms with Gasteiger partial charge in [-0.1, -0.05) is 0 Å². The minimum absolute atomic E-state index is 0.103. The van der Waals surface area contributed by atoms with Crippen molar-refractivity contribution in [3.8, 4) is 0 Å². The van der Waals surface area contributed by atoms with Crippen molar-refractivity contribution in [2.75, 3.05) is 10.6 Å². The summed E-state index contributed by atoms with van der Waals surface area (Å²) in [7, 11) is -4.64. The minimum atomic E-state index is -4.64. The lowest BCUT2D eigenvalue weighted by molar-refractivity contribution is -0.125. The smallest absolute Gasteiger partial charge is 0.296 e. The van der Waals surface area contributed by atoms with Crippen LogP contribution in [0.5, 0.6) is 0 Å². The van der Waals surface area contributed by atoms with E-state index in [9.17, 15) is 32.1 Å². The number of rotatable bonds is 7. The zero-order valence-corrected chi connectivity index (χ0v) is 13.8. The zero-order chi connectivity index (χ0) is 18.5. The Hall–Kier alpha value is -2.59. The zero-order valence-electron chi connectivity index (χ0n) is 13.0. The molecule has 0 heterocycles. The van der Waals surface area contributed by atoms with Crippen molar-refractivity contribution in [3.05, 3.63) is 18.2 Å². The van der Waals surface area contributed by atoms with E-state index in [1.54, 1.807) is 0 Å². The highest BCUT2D eigenvalue weighted by atomic mass is 32.2. The molecule has 0 atom stereocenters. The fraction of sp³-hybridized carbons (Fsp3) is 0.286. The second-order valence-electron chi connectivity index (χ2n) is 5.04. The van der Waals surface area contributed by atoms with Crippen LogP contribution in [0, 0.1) is 0 Å². The molecule has 0 spiro atoms. The Kier molecular flexibility index (Phi) is 6.32. The maximum atomic E-state index is 11.6. The van der Waals surface area contributed by atoms with Crippen LogP contribution in [0.25, 0.3) is 0 Å². The molecule has 0 fully saturated rings. The normalized spacial score (nSPS) is 10.8. The van der Waals surface area contributed by atoms with Gasteiger partial charge in [-0.3, -0.25) is 23.7 Å². The van der Waals surface area contributed by atoms with Crippen molar-refractivity contribution in [2.24, 2.45) is 0 Å². The van der Waals surface area contributed by atoms with Gasteiger partial charge in [0.2, 0.25) is 11.8 Å². The molecule has 130 valence electrons. The van der Waals surface area contributed by atoms with Gasteiger partial charge in [0.1, 0.15) is 16.5 Å². The van der Waals surface area contributed by atoms with Crippen molar-refractivity contribution in [1.82, 2.24) is 0 Å². The summed E-state index contributed by atoms with van der Waals surface area (Å²) >= 11 is 0. The largest absolute Gasteiger partial charge is 0.326 e. The van der Waals surface area contributed by atoms with E-state index in [0.717, 1.165) is 12.1 Å². The monoisotopic (exact) mass is 356 g/mol. The molecule has 0 bridgehead atoms. The number of carbonyl (C=O) groups excluding carboxylic acids is 4. The molecule has 0 aliphatic rings. The lowest BCUT2D eigenvalue weighted by Crippen LogP contribution is -2.18. The van der Waals surface area contributed by atoms with Gasteiger partial charge in [0.15, 0.2) is 0 Å². The van der Waals surface area contributed by atoms with Crippen LogP contribution in [-0.4, -0.2) is 36.4 Å². The SMILES string of the molecule is CC(=O)CC(=O)Nc1ccc(S(=O)(=O)O)c(NC(=O)CC(C)=O)c1. The van der Waals surface area contributed by atoms with Crippen LogP contribution in [-0.2, 0) is 29.3 Å². The Morgan fingerprint density at radius 1 is 0.958 bits per heavy atom. The Bertz CT molecular complexity index is 799. The third-order valence-electron chi connectivity index (χ3n) is 2.63. The van der Waals surface area contributed by atoms with E-state index in [1.807, 2.05) is 0 Å². The summed E-state index contributed by atoms with van der Waals surface area (Å²) in [6.45, 7) is 2.41. The van der Waals surface area contributed by atoms with E-state index in [-0.39, 0.29) is 23.6 Å². The number of ketones is 2. The molecule has 9 nitrogen and oxygen atoms in total. The summed E-state index contributed by atoms with van der Waals surface area (Å²) in [4.78, 5) is 44.4. The van der Waals surface area contributed by atoms with E-state index in [2.05, 4.69) is 10.6 Å². The van der Waals surface area contributed by atoms with Gasteiger partial charge in [-0.25, -0.2) is 0 Å². The fourth-order valence-electron chi connectivity index (χ4n) is 1.78.